The molecule has 0 spiro atoms. The minimum Gasteiger partial charge on any atom is -1.00 e. The Kier molecular flexibility index (Phi) is 9.39. The van der Waals surface area contributed by atoms with E-state index in [2.05, 4.69) is 31.3 Å². The van der Waals surface area contributed by atoms with Gasteiger partial charge in [-0.1, -0.05) is 19.4 Å². The Balaban J connectivity index is 0.00000353. The van der Waals surface area contributed by atoms with Crippen molar-refractivity contribution in [3.8, 4) is 28.7 Å². The molecule has 3 aliphatic heterocycles. The van der Waals surface area contributed by atoms with Gasteiger partial charge in [0.15, 0.2) is 23.0 Å². The Morgan fingerprint density at radius 2 is 1.64 bits per heavy atom. The molecule has 3 heterocycles. The van der Waals surface area contributed by atoms with E-state index in [1.165, 1.54) is 27.3 Å². The summed E-state index contributed by atoms with van der Waals surface area (Å²) >= 11 is 0. The second-order valence-corrected chi connectivity index (χ2v) is 10.5. The standard InChI is InChI=1S/C33H37NO7.HI/c1-6-7-12-39-32-25-18-34-11-10-21-16-27-28(41-19-40-27)17-23(21)31(34)24(22(25)8-9-26(32)35-2)13-20-14-29(36-3)33(38-5)30(15-20)37-4;/h8-9,14-18,32H,6-7,10-13,19H2,1-5H3;1H. The van der Waals surface area contributed by atoms with Gasteiger partial charge in [-0.05, 0) is 53.5 Å². The quantitative estimate of drug-likeness (QED) is 0.300. The first-order valence-corrected chi connectivity index (χ1v) is 14.2. The van der Waals surface area contributed by atoms with Crippen molar-refractivity contribution in [2.75, 3.05) is 48.4 Å². The van der Waals surface area contributed by atoms with Gasteiger partial charge >= 0.3 is 0 Å². The second kappa shape index (κ2) is 13.0. The van der Waals surface area contributed by atoms with E-state index >= 15 is 0 Å². The topological polar surface area (TPSA) is 69.1 Å². The Bertz CT molecular complexity index is 1450. The molecule has 42 heavy (non-hydrogen) atoms. The number of quaternary nitrogens is 1. The molecule has 0 bridgehead atoms. The maximum absolute atomic E-state index is 6.48. The summed E-state index contributed by atoms with van der Waals surface area (Å²) in [6, 6.07) is 8.36. The molecule has 0 saturated heterocycles. The normalized spacial score (nSPS) is 19.8. The van der Waals surface area contributed by atoms with Crippen molar-refractivity contribution < 1.29 is 62.0 Å². The van der Waals surface area contributed by atoms with Gasteiger partial charge in [-0.25, -0.2) is 0 Å². The summed E-state index contributed by atoms with van der Waals surface area (Å²) in [6.45, 7) is 4.02. The Morgan fingerprint density at radius 3 is 2.31 bits per heavy atom. The summed E-state index contributed by atoms with van der Waals surface area (Å²) in [7, 11) is 6.64. The minimum atomic E-state index is -0.256. The number of unbranched alkanes of at least 4 members (excludes halogenated alkanes) is 1. The number of rotatable bonds is 10. The third-order valence-electron chi connectivity index (χ3n) is 8.20. The van der Waals surface area contributed by atoms with Crippen molar-refractivity contribution in [2.45, 2.75) is 38.7 Å². The summed E-state index contributed by atoms with van der Waals surface area (Å²) in [4.78, 5) is 1.30. The van der Waals surface area contributed by atoms with E-state index in [9.17, 15) is 0 Å². The highest BCUT2D eigenvalue weighted by atomic mass is 127. The molecule has 224 valence electrons. The van der Waals surface area contributed by atoms with Crippen LogP contribution in [0.25, 0.3) is 5.70 Å². The van der Waals surface area contributed by atoms with Crippen LogP contribution in [0.3, 0.4) is 0 Å². The van der Waals surface area contributed by atoms with Gasteiger partial charge in [0.2, 0.25) is 12.5 Å². The average Bonchev–Trinajstić information content (AvgIpc) is 3.46. The van der Waals surface area contributed by atoms with Crippen LogP contribution in [-0.2, 0) is 22.3 Å². The highest BCUT2D eigenvalue weighted by Gasteiger charge is 2.40. The van der Waals surface area contributed by atoms with Gasteiger partial charge in [-0.3, -0.25) is 4.90 Å². The van der Waals surface area contributed by atoms with Crippen LogP contribution in [0, 0.1) is 0 Å². The fourth-order valence-corrected chi connectivity index (χ4v) is 6.20. The van der Waals surface area contributed by atoms with Crippen molar-refractivity contribution in [1.29, 1.82) is 0 Å². The SMILES string of the molecule is CCCCOC1C(OC)=CC=C2C1=C[NH+]1CCc3cc4c(cc3C1=C2Cc1cc(OC)c(OC)c(OC)c1)OCO4.[I-]. The molecular weight excluding hydrogens is 649 g/mol. The van der Waals surface area contributed by atoms with E-state index < -0.39 is 0 Å². The minimum absolute atomic E-state index is 0. The molecule has 0 saturated carbocycles. The van der Waals surface area contributed by atoms with Gasteiger partial charge in [-0.2, -0.15) is 0 Å². The van der Waals surface area contributed by atoms with Crippen LogP contribution in [-0.4, -0.2) is 54.5 Å². The predicted octanol–water partition coefficient (Wildman–Crippen LogP) is 1.39. The van der Waals surface area contributed by atoms with Crippen LogP contribution in [0.2, 0.25) is 0 Å². The number of ether oxygens (including phenoxy) is 7. The molecule has 0 aromatic heterocycles. The van der Waals surface area contributed by atoms with E-state index in [0.29, 0.717) is 30.3 Å². The number of allylic oxidation sites excluding steroid dienone is 3. The Hall–Kier alpha value is -3.15. The van der Waals surface area contributed by atoms with E-state index in [4.69, 9.17) is 33.2 Å². The van der Waals surface area contributed by atoms with Crippen LogP contribution >= 0.6 is 0 Å². The largest absolute Gasteiger partial charge is 1.00 e. The van der Waals surface area contributed by atoms with Crippen molar-refractivity contribution in [3.05, 3.63) is 81.8 Å². The third kappa shape index (κ3) is 5.38. The fraction of sp³-hybridized carbons (Fsp3) is 0.394. The molecule has 2 atom stereocenters. The molecule has 6 rings (SSSR count). The smallest absolute Gasteiger partial charge is 0.231 e. The lowest BCUT2D eigenvalue weighted by Crippen LogP contribution is -3.06. The summed E-state index contributed by atoms with van der Waals surface area (Å²) in [5.41, 5.74) is 8.29. The van der Waals surface area contributed by atoms with Crippen LogP contribution < -0.4 is 52.6 Å². The highest BCUT2D eigenvalue weighted by molar-refractivity contribution is 5.77. The molecule has 2 aromatic carbocycles. The fourth-order valence-electron chi connectivity index (χ4n) is 6.20. The molecule has 1 N–H and O–H groups in total. The number of nitrogens with one attached hydrogen (secondary N) is 1. The van der Waals surface area contributed by atoms with E-state index in [0.717, 1.165) is 59.8 Å². The molecule has 0 amide bonds. The zero-order valence-electron chi connectivity index (χ0n) is 24.8. The third-order valence-corrected chi connectivity index (χ3v) is 8.20. The molecule has 8 nitrogen and oxygen atoms in total. The van der Waals surface area contributed by atoms with Crippen molar-refractivity contribution in [3.63, 3.8) is 0 Å². The van der Waals surface area contributed by atoms with Gasteiger partial charge in [-0.15, -0.1) is 0 Å². The molecule has 1 aliphatic carbocycles. The number of halogens is 1. The monoisotopic (exact) mass is 687 g/mol. The van der Waals surface area contributed by atoms with Crippen LogP contribution in [0.15, 0.2) is 65.1 Å². The van der Waals surface area contributed by atoms with Crippen molar-refractivity contribution in [1.82, 2.24) is 0 Å². The highest BCUT2D eigenvalue weighted by Crippen LogP contribution is 2.44. The molecule has 0 radical (unpaired) electrons. The van der Waals surface area contributed by atoms with E-state index in [-0.39, 0.29) is 36.9 Å². The van der Waals surface area contributed by atoms with Gasteiger partial charge in [0.25, 0.3) is 0 Å². The lowest BCUT2D eigenvalue weighted by molar-refractivity contribution is -0.771. The van der Waals surface area contributed by atoms with Gasteiger partial charge in [0, 0.05) is 36.2 Å². The van der Waals surface area contributed by atoms with E-state index in [1.54, 1.807) is 28.4 Å². The van der Waals surface area contributed by atoms with Gasteiger partial charge in [0.05, 0.1) is 35.0 Å². The number of methoxy groups -OCH3 is 4. The number of fused-ring (bicyclic) bond motifs is 5. The predicted molar refractivity (Wildman–Crippen MR) is 155 cm³/mol. The zero-order valence-corrected chi connectivity index (χ0v) is 27.0. The van der Waals surface area contributed by atoms with Crippen LogP contribution in [0.1, 0.15) is 36.5 Å². The number of benzene rings is 2. The van der Waals surface area contributed by atoms with Crippen LogP contribution in [0.4, 0.5) is 0 Å². The Morgan fingerprint density at radius 1 is 0.905 bits per heavy atom. The summed E-state index contributed by atoms with van der Waals surface area (Å²) in [5.74, 6) is 4.29. The van der Waals surface area contributed by atoms with Crippen molar-refractivity contribution >= 4 is 5.70 Å². The van der Waals surface area contributed by atoms with Gasteiger partial charge < -0.3 is 57.1 Å². The molecule has 2 unspecified atom stereocenters. The molecular formula is C33H38INO7. The molecule has 0 fully saturated rings. The molecule has 2 aromatic rings. The van der Waals surface area contributed by atoms with E-state index in [1.807, 2.05) is 18.2 Å². The maximum atomic E-state index is 6.48. The lowest BCUT2D eigenvalue weighted by atomic mass is 9.79. The molecule has 4 aliphatic rings. The Labute approximate surface area is 264 Å². The summed E-state index contributed by atoms with van der Waals surface area (Å²) in [5, 5.41) is 0. The maximum Gasteiger partial charge on any atom is 0.231 e. The number of hydrogen-bond acceptors (Lipinski definition) is 7. The zero-order chi connectivity index (χ0) is 28.5. The first-order chi connectivity index (χ1) is 20.1. The average molecular weight is 688 g/mol. The first-order valence-electron chi connectivity index (χ1n) is 14.2. The number of hydrogen-bond donors (Lipinski definition) is 1. The lowest BCUT2D eigenvalue weighted by Gasteiger charge is -2.36. The van der Waals surface area contributed by atoms with Crippen molar-refractivity contribution in [2.24, 2.45) is 0 Å². The first kappa shape index (κ1) is 30.3. The van der Waals surface area contributed by atoms with Crippen LogP contribution in [0.5, 0.6) is 28.7 Å². The summed E-state index contributed by atoms with van der Waals surface area (Å²) < 4.78 is 40.8. The second-order valence-electron chi connectivity index (χ2n) is 10.5. The van der Waals surface area contributed by atoms with Gasteiger partial charge in [0.1, 0.15) is 23.8 Å². The summed E-state index contributed by atoms with van der Waals surface area (Å²) in [6.07, 6.45) is 9.95. The molecule has 9 heteroatoms.